The van der Waals surface area contributed by atoms with E-state index in [2.05, 4.69) is 19.9 Å². The minimum atomic E-state index is 0.218. The average molecular weight is 417 g/mol. The van der Waals surface area contributed by atoms with E-state index in [4.69, 9.17) is 32.0 Å². The largest absolute Gasteiger partial charge is 0.378 e. The molecule has 0 unspecified atom stereocenters. The molecule has 1 saturated carbocycles. The maximum Gasteiger partial charge on any atom is 0.219 e. The number of rotatable bonds is 4. The fourth-order valence-electron chi connectivity index (χ4n) is 3.26. The Morgan fingerprint density at radius 2 is 1.79 bits per heavy atom. The van der Waals surface area contributed by atoms with Crippen molar-refractivity contribution in [2.24, 2.45) is 5.92 Å². The Morgan fingerprint density at radius 1 is 1.10 bits per heavy atom. The van der Waals surface area contributed by atoms with E-state index in [1.807, 2.05) is 18.4 Å². The van der Waals surface area contributed by atoms with Gasteiger partial charge in [0.05, 0.1) is 18.8 Å². The summed E-state index contributed by atoms with van der Waals surface area (Å²) in [5.41, 5.74) is 7.79. The molecule has 29 heavy (non-hydrogen) atoms. The molecule has 0 amide bonds. The summed E-state index contributed by atoms with van der Waals surface area (Å²) >= 11 is 6.47. The smallest absolute Gasteiger partial charge is 0.219 e. The second-order valence-corrected chi connectivity index (χ2v) is 7.25. The Hall–Kier alpha value is -2.52. The van der Waals surface area contributed by atoms with Crippen LogP contribution in [0.25, 0.3) is 22.6 Å². The lowest BCUT2D eigenvalue weighted by molar-refractivity contribution is 0.122. The zero-order chi connectivity index (χ0) is 20.4. The van der Waals surface area contributed by atoms with Crippen LogP contribution in [0, 0.1) is 5.92 Å². The first kappa shape index (κ1) is 19.8. The number of hydrogen-bond acceptors (Lipinski definition) is 8. The molecule has 4 heterocycles. The van der Waals surface area contributed by atoms with E-state index in [1.54, 1.807) is 12.4 Å². The van der Waals surface area contributed by atoms with Crippen molar-refractivity contribution in [3.05, 3.63) is 17.7 Å². The van der Waals surface area contributed by atoms with Crippen molar-refractivity contribution < 1.29 is 4.74 Å². The highest BCUT2D eigenvalue weighted by atomic mass is 35.5. The quantitative estimate of drug-likeness (QED) is 0.647. The molecule has 9 nitrogen and oxygen atoms in total. The highest BCUT2D eigenvalue weighted by Crippen LogP contribution is 2.35. The summed E-state index contributed by atoms with van der Waals surface area (Å²) in [6, 6.07) is 0. The van der Waals surface area contributed by atoms with Gasteiger partial charge in [-0.15, -0.1) is 0 Å². The summed E-state index contributed by atoms with van der Waals surface area (Å²) in [5, 5.41) is 0.450. The summed E-state index contributed by atoms with van der Waals surface area (Å²) in [5.74, 6) is 2.17. The molecule has 2 aliphatic rings. The normalized spacial score (nSPS) is 16.6. The number of fused-ring (bicyclic) bond motifs is 1. The predicted octanol–water partition coefficient (Wildman–Crippen LogP) is 2.79. The standard InChI is InChI=1S/C17H19ClN8O.C2H6/c18-16-22-12-14(25-3-5-27-6-4-25)23-13(11-7-20-17(19)21-8-11)24-15(12)26(16)9-10-1-2-10;1-2/h7-8,10H,1-6,9H2,(H2,19,20,21);1-2H3. The topological polar surface area (TPSA) is 108 Å². The van der Waals surface area contributed by atoms with Gasteiger partial charge in [-0.1, -0.05) is 13.8 Å². The van der Waals surface area contributed by atoms with Crippen LogP contribution >= 0.6 is 11.6 Å². The first-order chi connectivity index (χ1) is 14.2. The Balaban J connectivity index is 0.000000994. The van der Waals surface area contributed by atoms with E-state index < -0.39 is 0 Å². The average Bonchev–Trinajstić information content (AvgIpc) is 3.53. The molecule has 0 radical (unpaired) electrons. The molecule has 0 atom stereocenters. The summed E-state index contributed by atoms with van der Waals surface area (Å²) in [4.78, 5) is 24.4. The van der Waals surface area contributed by atoms with Gasteiger partial charge in [-0.05, 0) is 30.4 Å². The van der Waals surface area contributed by atoms with Gasteiger partial charge in [-0.25, -0.2) is 24.9 Å². The van der Waals surface area contributed by atoms with Crippen LogP contribution in [0.15, 0.2) is 12.4 Å². The molecule has 3 aromatic rings. The monoisotopic (exact) mass is 416 g/mol. The lowest BCUT2D eigenvalue weighted by Crippen LogP contribution is -2.37. The second kappa shape index (κ2) is 8.46. The van der Waals surface area contributed by atoms with E-state index in [1.165, 1.54) is 12.8 Å². The number of morpholine rings is 1. The molecule has 5 rings (SSSR count). The SMILES string of the molecule is CC.Nc1ncc(-c2nc(N3CCOCC3)c3nc(Cl)n(CC4CC4)c3n2)cn1. The van der Waals surface area contributed by atoms with Gasteiger partial charge in [0.15, 0.2) is 22.8 Å². The molecule has 2 fully saturated rings. The number of halogens is 1. The molecule has 0 bridgehead atoms. The van der Waals surface area contributed by atoms with Crippen LogP contribution in [0.4, 0.5) is 11.8 Å². The number of aromatic nitrogens is 6. The minimum Gasteiger partial charge on any atom is -0.378 e. The highest BCUT2D eigenvalue weighted by Gasteiger charge is 2.27. The lowest BCUT2D eigenvalue weighted by atomic mass is 10.3. The number of nitrogens with zero attached hydrogens (tertiary/aromatic N) is 7. The molecule has 1 saturated heterocycles. The third-order valence-corrected chi connectivity index (χ3v) is 5.20. The Labute approximate surface area is 174 Å². The number of nitrogen functional groups attached to an aromatic ring is 1. The first-order valence-corrected chi connectivity index (χ1v) is 10.4. The van der Waals surface area contributed by atoms with Crippen molar-refractivity contribution >= 4 is 34.5 Å². The van der Waals surface area contributed by atoms with Gasteiger partial charge in [0, 0.05) is 32.0 Å². The van der Waals surface area contributed by atoms with Crippen LogP contribution < -0.4 is 10.6 Å². The Kier molecular flexibility index (Phi) is 5.77. The van der Waals surface area contributed by atoms with Gasteiger partial charge in [-0.2, -0.15) is 0 Å². The second-order valence-electron chi connectivity index (χ2n) is 6.91. The highest BCUT2D eigenvalue weighted by molar-refractivity contribution is 6.29. The van der Waals surface area contributed by atoms with Crippen LogP contribution in [0.3, 0.4) is 0 Å². The number of hydrogen-bond donors (Lipinski definition) is 1. The number of anilines is 2. The van der Waals surface area contributed by atoms with Crippen LogP contribution in [0.5, 0.6) is 0 Å². The fourth-order valence-corrected chi connectivity index (χ4v) is 3.49. The molecule has 1 aliphatic carbocycles. The third kappa shape index (κ3) is 4.11. The molecule has 0 aromatic carbocycles. The van der Waals surface area contributed by atoms with Gasteiger partial charge in [-0.3, -0.25) is 4.57 Å². The van der Waals surface area contributed by atoms with Crippen molar-refractivity contribution in [3.8, 4) is 11.4 Å². The van der Waals surface area contributed by atoms with Gasteiger partial charge in [0.2, 0.25) is 11.2 Å². The van der Waals surface area contributed by atoms with Gasteiger partial charge in [0.25, 0.3) is 0 Å². The minimum absolute atomic E-state index is 0.218. The van der Waals surface area contributed by atoms with E-state index >= 15 is 0 Å². The molecule has 2 N–H and O–H groups in total. The maximum atomic E-state index is 6.47. The lowest BCUT2D eigenvalue weighted by Gasteiger charge is -2.28. The summed E-state index contributed by atoms with van der Waals surface area (Å²) in [6.45, 7) is 7.63. The zero-order valence-electron chi connectivity index (χ0n) is 16.7. The van der Waals surface area contributed by atoms with E-state index in [0.29, 0.717) is 35.8 Å². The number of ether oxygens (including phenoxy) is 1. The van der Waals surface area contributed by atoms with Gasteiger partial charge >= 0.3 is 0 Å². The molecule has 0 spiro atoms. The first-order valence-electron chi connectivity index (χ1n) is 10.0. The van der Waals surface area contributed by atoms with Crippen molar-refractivity contribution in [3.63, 3.8) is 0 Å². The Bertz CT molecular complexity index is 980. The number of imidazole rings is 1. The van der Waals surface area contributed by atoms with Crippen molar-refractivity contribution in [2.45, 2.75) is 33.2 Å². The van der Waals surface area contributed by atoms with Crippen molar-refractivity contribution in [1.82, 2.24) is 29.5 Å². The van der Waals surface area contributed by atoms with E-state index in [0.717, 1.165) is 36.6 Å². The summed E-state index contributed by atoms with van der Waals surface area (Å²) in [7, 11) is 0. The maximum absolute atomic E-state index is 6.47. The molecule has 10 heteroatoms. The van der Waals surface area contributed by atoms with Crippen LogP contribution in [-0.2, 0) is 11.3 Å². The third-order valence-electron chi connectivity index (χ3n) is 4.91. The van der Waals surface area contributed by atoms with E-state index in [-0.39, 0.29) is 5.95 Å². The molecule has 154 valence electrons. The molecule has 1 aliphatic heterocycles. The zero-order valence-corrected chi connectivity index (χ0v) is 17.4. The molecular formula is C19H25ClN8O. The van der Waals surface area contributed by atoms with Gasteiger partial charge < -0.3 is 15.4 Å². The molecular weight excluding hydrogens is 392 g/mol. The fraction of sp³-hybridized carbons (Fsp3) is 0.526. The van der Waals surface area contributed by atoms with Crippen molar-refractivity contribution in [2.75, 3.05) is 36.9 Å². The molecule has 3 aromatic heterocycles. The number of nitrogens with two attached hydrogens (primary N) is 1. The van der Waals surface area contributed by atoms with Gasteiger partial charge in [0.1, 0.15) is 0 Å². The van der Waals surface area contributed by atoms with Crippen molar-refractivity contribution in [1.29, 1.82) is 0 Å². The summed E-state index contributed by atoms with van der Waals surface area (Å²) in [6.07, 6.45) is 5.71. The van der Waals surface area contributed by atoms with E-state index in [9.17, 15) is 0 Å². The predicted molar refractivity (Wildman–Crippen MR) is 113 cm³/mol. The summed E-state index contributed by atoms with van der Waals surface area (Å²) < 4.78 is 7.47. The van der Waals surface area contributed by atoms with Crippen LogP contribution in [0.2, 0.25) is 5.28 Å². The van der Waals surface area contributed by atoms with Crippen LogP contribution in [0.1, 0.15) is 26.7 Å². The van der Waals surface area contributed by atoms with Crippen LogP contribution in [-0.4, -0.2) is 55.8 Å². The Morgan fingerprint density at radius 3 is 2.45 bits per heavy atom.